The van der Waals surface area contributed by atoms with E-state index in [4.69, 9.17) is 9.94 Å². The number of nitrogens with zero attached hydrogens (tertiary/aromatic N) is 1. The summed E-state index contributed by atoms with van der Waals surface area (Å²) >= 11 is 0. The number of ether oxygens (including phenoxy) is 1. The fourth-order valence-electron chi connectivity index (χ4n) is 1.59. The summed E-state index contributed by atoms with van der Waals surface area (Å²) < 4.78 is 31.4. The van der Waals surface area contributed by atoms with Crippen LogP contribution in [0.25, 0.3) is 10.9 Å². The number of carbonyl (C=O) groups is 1. The Morgan fingerprint density at radius 2 is 1.95 bits per heavy atom. The first-order valence-corrected chi connectivity index (χ1v) is 4.93. The number of aromatic nitrogens is 1. The van der Waals surface area contributed by atoms with E-state index in [2.05, 4.69) is 4.74 Å². The van der Waals surface area contributed by atoms with E-state index < -0.39 is 29.0 Å². The van der Waals surface area contributed by atoms with Crippen LogP contribution in [0.1, 0.15) is 0 Å². The average molecular weight is 271 g/mol. The number of benzene rings is 1. The zero-order chi connectivity index (χ0) is 14.2. The monoisotopic (exact) mass is 271 g/mol. The van der Waals surface area contributed by atoms with Crippen LogP contribution >= 0.6 is 0 Å². The van der Waals surface area contributed by atoms with Gasteiger partial charge in [-0.25, -0.2) is 13.6 Å². The first kappa shape index (κ1) is 12.8. The third-order valence-electron chi connectivity index (χ3n) is 2.37. The molecule has 0 radical (unpaired) electrons. The van der Waals surface area contributed by atoms with Crippen molar-refractivity contribution in [1.82, 2.24) is 4.73 Å². The number of carboxylic acid groups (broad SMARTS) is 1. The number of halogens is 2. The molecular formula is C11H7F2NO5. The van der Waals surface area contributed by atoms with Crippen molar-refractivity contribution in [2.24, 2.45) is 0 Å². The van der Waals surface area contributed by atoms with Crippen LogP contribution in [0.15, 0.2) is 23.1 Å². The SMILES string of the molecule is COn1cc(OC(=O)O)c(=O)c2cc(F)c(F)cc21. The predicted molar refractivity (Wildman–Crippen MR) is 59.3 cm³/mol. The summed E-state index contributed by atoms with van der Waals surface area (Å²) in [6, 6.07) is 1.41. The van der Waals surface area contributed by atoms with Gasteiger partial charge in [0.2, 0.25) is 11.2 Å². The van der Waals surface area contributed by atoms with Crippen LogP contribution in [0, 0.1) is 11.6 Å². The number of hydrogen-bond acceptors (Lipinski definition) is 4. The van der Waals surface area contributed by atoms with Crippen molar-refractivity contribution in [3.63, 3.8) is 0 Å². The predicted octanol–water partition coefficient (Wildman–Crippen LogP) is 1.39. The maximum atomic E-state index is 13.1. The Labute approximate surface area is 104 Å². The Morgan fingerprint density at radius 3 is 2.53 bits per heavy atom. The summed E-state index contributed by atoms with van der Waals surface area (Å²) in [5.74, 6) is -2.97. The maximum absolute atomic E-state index is 13.1. The van der Waals surface area contributed by atoms with Crippen molar-refractivity contribution in [2.75, 3.05) is 7.11 Å². The van der Waals surface area contributed by atoms with Crippen LogP contribution < -0.4 is 15.0 Å². The Morgan fingerprint density at radius 1 is 1.32 bits per heavy atom. The van der Waals surface area contributed by atoms with Crippen LogP contribution in [0.5, 0.6) is 5.75 Å². The van der Waals surface area contributed by atoms with Crippen molar-refractivity contribution < 1.29 is 28.3 Å². The zero-order valence-corrected chi connectivity index (χ0v) is 9.52. The van der Waals surface area contributed by atoms with Gasteiger partial charge in [0.15, 0.2) is 11.6 Å². The topological polar surface area (TPSA) is 77.8 Å². The number of pyridine rings is 1. The molecular weight excluding hydrogens is 264 g/mol. The van der Waals surface area contributed by atoms with Crippen molar-refractivity contribution in [2.45, 2.75) is 0 Å². The molecule has 0 saturated heterocycles. The fraction of sp³-hybridized carbons (Fsp3) is 0.0909. The molecule has 0 amide bonds. The van der Waals surface area contributed by atoms with E-state index in [-0.39, 0.29) is 10.9 Å². The first-order chi connectivity index (χ1) is 8.93. The van der Waals surface area contributed by atoms with Gasteiger partial charge in [-0.3, -0.25) is 4.79 Å². The second kappa shape index (κ2) is 4.56. The summed E-state index contributed by atoms with van der Waals surface area (Å²) in [5.41, 5.74) is -0.936. The second-order valence-corrected chi connectivity index (χ2v) is 3.48. The van der Waals surface area contributed by atoms with Crippen molar-refractivity contribution >= 4 is 17.1 Å². The molecule has 0 aliphatic carbocycles. The Balaban J connectivity index is 2.83. The molecule has 0 fully saturated rings. The highest BCUT2D eigenvalue weighted by atomic mass is 19.2. The van der Waals surface area contributed by atoms with Crippen LogP contribution in [-0.2, 0) is 0 Å². The lowest BCUT2D eigenvalue weighted by atomic mass is 10.2. The Hall–Kier alpha value is -2.64. The minimum atomic E-state index is -1.71. The lowest BCUT2D eigenvalue weighted by Crippen LogP contribution is -2.18. The van der Waals surface area contributed by atoms with Gasteiger partial charge in [-0.05, 0) is 6.07 Å². The molecule has 0 spiro atoms. The molecule has 0 saturated carbocycles. The summed E-state index contributed by atoms with van der Waals surface area (Å²) in [6.07, 6.45) is -0.780. The largest absolute Gasteiger partial charge is 0.511 e. The molecule has 19 heavy (non-hydrogen) atoms. The molecule has 0 aliphatic rings. The molecule has 0 unspecified atom stereocenters. The van der Waals surface area contributed by atoms with E-state index in [1.165, 1.54) is 7.11 Å². The molecule has 0 bridgehead atoms. The minimum Gasteiger partial charge on any atom is -0.449 e. The van der Waals surface area contributed by atoms with E-state index in [0.29, 0.717) is 6.07 Å². The average Bonchev–Trinajstić information content (AvgIpc) is 2.35. The van der Waals surface area contributed by atoms with E-state index in [0.717, 1.165) is 17.0 Å². The van der Waals surface area contributed by atoms with E-state index >= 15 is 0 Å². The van der Waals surface area contributed by atoms with Crippen molar-refractivity contribution in [3.05, 3.63) is 40.2 Å². The van der Waals surface area contributed by atoms with Crippen LogP contribution in [0.2, 0.25) is 0 Å². The standard InChI is InChI=1S/C11H7F2NO5/c1-18-14-4-9(19-11(16)17)10(15)5-2-6(12)7(13)3-8(5)14/h2-4H,1H3,(H,16,17). The summed E-state index contributed by atoms with van der Waals surface area (Å²) in [4.78, 5) is 27.1. The third kappa shape index (κ3) is 2.19. The van der Waals surface area contributed by atoms with Gasteiger partial charge < -0.3 is 14.7 Å². The van der Waals surface area contributed by atoms with Crippen LogP contribution in [0.4, 0.5) is 13.6 Å². The zero-order valence-electron chi connectivity index (χ0n) is 9.52. The molecule has 2 rings (SSSR count). The van der Waals surface area contributed by atoms with Gasteiger partial charge >= 0.3 is 6.16 Å². The number of fused-ring (bicyclic) bond motifs is 1. The maximum Gasteiger partial charge on any atom is 0.511 e. The molecule has 8 heteroatoms. The molecule has 6 nitrogen and oxygen atoms in total. The highest BCUT2D eigenvalue weighted by Gasteiger charge is 2.16. The molecule has 1 heterocycles. The van der Waals surface area contributed by atoms with Gasteiger partial charge in [0.25, 0.3) is 0 Å². The van der Waals surface area contributed by atoms with Gasteiger partial charge in [0.05, 0.1) is 17.1 Å². The van der Waals surface area contributed by atoms with E-state index in [1.807, 2.05) is 0 Å². The minimum absolute atomic E-state index is 0.0517. The Bertz CT molecular complexity index is 725. The first-order valence-electron chi connectivity index (χ1n) is 4.93. The number of rotatable bonds is 2. The van der Waals surface area contributed by atoms with E-state index in [9.17, 15) is 18.4 Å². The molecule has 1 aromatic carbocycles. The summed E-state index contributed by atoms with van der Waals surface area (Å²) in [5, 5.41) is 8.22. The summed E-state index contributed by atoms with van der Waals surface area (Å²) in [6.45, 7) is 0. The van der Waals surface area contributed by atoms with Gasteiger partial charge in [-0.2, -0.15) is 4.73 Å². The normalized spacial score (nSPS) is 10.5. The fourth-order valence-corrected chi connectivity index (χ4v) is 1.59. The quantitative estimate of drug-likeness (QED) is 0.835. The van der Waals surface area contributed by atoms with Crippen LogP contribution in [0.3, 0.4) is 0 Å². The lowest BCUT2D eigenvalue weighted by molar-refractivity contribution is 0.140. The second-order valence-electron chi connectivity index (χ2n) is 3.48. The molecule has 1 aromatic heterocycles. The van der Waals surface area contributed by atoms with Gasteiger partial charge in [-0.1, -0.05) is 0 Å². The molecule has 1 N–H and O–H groups in total. The van der Waals surface area contributed by atoms with Crippen molar-refractivity contribution in [1.29, 1.82) is 0 Å². The van der Waals surface area contributed by atoms with Crippen LogP contribution in [-0.4, -0.2) is 23.1 Å². The highest BCUT2D eigenvalue weighted by Crippen LogP contribution is 2.18. The molecule has 0 atom stereocenters. The lowest BCUT2D eigenvalue weighted by Gasteiger charge is -2.11. The Kier molecular flexibility index (Phi) is 3.07. The van der Waals surface area contributed by atoms with Crippen molar-refractivity contribution in [3.8, 4) is 5.75 Å². The van der Waals surface area contributed by atoms with Gasteiger partial charge in [0, 0.05) is 6.07 Å². The van der Waals surface area contributed by atoms with Gasteiger partial charge in [0.1, 0.15) is 7.11 Å². The van der Waals surface area contributed by atoms with E-state index in [1.54, 1.807) is 0 Å². The third-order valence-corrected chi connectivity index (χ3v) is 2.37. The smallest absolute Gasteiger partial charge is 0.449 e. The molecule has 2 aromatic rings. The molecule has 100 valence electrons. The summed E-state index contributed by atoms with van der Waals surface area (Å²) in [7, 11) is 1.20. The van der Waals surface area contributed by atoms with Gasteiger partial charge in [-0.15, -0.1) is 0 Å². The highest BCUT2D eigenvalue weighted by molar-refractivity contribution is 5.80. The number of hydrogen-bond donors (Lipinski definition) is 1. The molecule has 0 aliphatic heterocycles.